The number of benzene rings is 1. The third-order valence-corrected chi connectivity index (χ3v) is 7.23. The minimum Gasteiger partial charge on any atom is -0.489 e. The van der Waals surface area contributed by atoms with Crippen molar-refractivity contribution >= 4 is 27.3 Å². The summed E-state index contributed by atoms with van der Waals surface area (Å²) in [5, 5.41) is 4.29. The number of hydrogen-bond donors (Lipinski definition) is 1. The van der Waals surface area contributed by atoms with Gasteiger partial charge in [-0.2, -0.15) is 19.5 Å². The SMILES string of the molecule is CS(=O)(=O)CCOc1cc(N2CCN(CCCc3nc(N)n4nc(-c5ccco5)nc4n3)CC2)c(F)cc1F. The topological polar surface area (TPSA) is 145 Å². The first-order valence-electron chi connectivity index (χ1n) is 12.4. The van der Waals surface area contributed by atoms with E-state index in [1.54, 1.807) is 12.1 Å². The number of hydrogen-bond acceptors (Lipinski definition) is 11. The van der Waals surface area contributed by atoms with Gasteiger partial charge < -0.3 is 19.8 Å². The second-order valence-corrected chi connectivity index (χ2v) is 11.5. The fourth-order valence-corrected chi connectivity index (χ4v) is 4.71. The third-order valence-electron chi connectivity index (χ3n) is 6.32. The molecule has 39 heavy (non-hydrogen) atoms. The first-order chi connectivity index (χ1) is 18.7. The van der Waals surface area contributed by atoms with Crippen LogP contribution in [0.1, 0.15) is 12.2 Å². The molecular formula is C24H28F2N8O4S. The molecular weight excluding hydrogens is 534 g/mol. The fraction of sp³-hybridized carbons (Fsp3) is 0.417. The number of fused-ring (bicyclic) bond motifs is 1. The molecule has 208 valence electrons. The molecule has 1 fully saturated rings. The number of nitrogens with two attached hydrogens (primary N) is 1. The Bertz CT molecular complexity index is 1550. The normalized spacial score (nSPS) is 14.8. The van der Waals surface area contributed by atoms with Crippen molar-refractivity contribution < 1.29 is 26.4 Å². The maximum absolute atomic E-state index is 14.6. The number of nitrogen functional groups attached to an aromatic ring is 1. The van der Waals surface area contributed by atoms with E-state index in [1.165, 1.54) is 16.8 Å². The Hall–Kier alpha value is -3.85. The van der Waals surface area contributed by atoms with Gasteiger partial charge in [-0.1, -0.05) is 0 Å². The van der Waals surface area contributed by atoms with Gasteiger partial charge in [-0.15, -0.1) is 5.10 Å². The molecule has 0 spiro atoms. The molecule has 0 radical (unpaired) electrons. The van der Waals surface area contributed by atoms with Crippen molar-refractivity contribution in [1.29, 1.82) is 0 Å². The van der Waals surface area contributed by atoms with E-state index in [2.05, 4.69) is 25.0 Å². The van der Waals surface area contributed by atoms with Crippen LogP contribution in [0, 0.1) is 11.6 Å². The maximum atomic E-state index is 14.6. The Morgan fingerprint density at radius 2 is 1.90 bits per heavy atom. The highest BCUT2D eigenvalue weighted by Crippen LogP contribution is 2.29. The van der Waals surface area contributed by atoms with Crippen molar-refractivity contribution in [3.63, 3.8) is 0 Å². The highest BCUT2D eigenvalue weighted by atomic mass is 32.2. The minimum absolute atomic E-state index is 0.169. The molecule has 0 unspecified atom stereocenters. The molecule has 4 aromatic rings. The molecule has 0 saturated carbocycles. The van der Waals surface area contributed by atoms with Gasteiger partial charge in [0.2, 0.25) is 11.8 Å². The van der Waals surface area contributed by atoms with E-state index in [-0.39, 0.29) is 29.7 Å². The fourth-order valence-electron chi connectivity index (χ4n) is 4.32. The number of sulfone groups is 1. The number of piperazine rings is 1. The second kappa shape index (κ2) is 11.1. The van der Waals surface area contributed by atoms with Gasteiger partial charge in [-0.25, -0.2) is 17.2 Å². The summed E-state index contributed by atoms with van der Waals surface area (Å²) in [6.45, 7) is 3.00. The standard InChI is InChI=1S/C24H28F2N8O4S/c1-39(35,36)13-12-38-20-15-18(16(25)14-17(20)26)33-9-7-32(8-10-33)6-2-5-21-28-23(27)34-24(29-21)30-22(31-34)19-4-3-11-37-19/h3-4,11,14-15H,2,5-10,12-13H2,1H3,(H2,27,28,29,30,31). The Labute approximate surface area is 223 Å². The van der Waals surface area contributed by atoms with E-state index in [9.17, 15) is 17.2 Å². The maximum Gasteiger partial charge on any atom is 0.257 e. The van der Waals surface area contributed by atoms with Gasteiger partial charge in [0, 0.05) is 51.0 Å². The van der Waals surface area contributed by atoms with Crippen molar-refractivity contribution in [3.8, 4) is 17.3 Å². The molecule has 15 heteroatoms. The molecule has 2 N–H and O–H groups in total. The summed E-state index contributed by atoms with van der Waals surface area (Å²) in [6.07, 6.45) is 3.97. The largest absolute Gasteiger partial charge is 0.489 e. The Morgan fingerprint density at radius 1 is 1.10 bits per heavy atom. The van der Waals surface area contributed by atoms with Crippen LogP contribution in [0.3, 0.4) is 0 Å². The van der Waals surface area contributed by atoms with Crippen molar-refractivity contribution in [2.24, 2.45) is 0 Å². The van der Waals surface area contributed by atoms with Crippen molar-refractivity contribution in [1.82, 2.24) is 29.5 Å². The van der Waals surface area contributed by atoms with E-state index >= 15 is 0 Å². The van der Waals surface area contributed by atoms with Gasteiger partial charge in [0.1, 0.15) is 18.2 Å². The lowest BCUT2D eigenvalue weighted by Crippen LogP contribution is -2.47. The summed E-state index contributed by atoms with van der Waals surface area (Å²) < 4.78 is 63.3. The molecule has 12 nitrogen and oxygen atoms in total. The first-order valence-corrected chi connectivity index (χ1v) is 14.4. The molecule has 3 aromatic heterocycles. The van der Waals surface area contributed by atoms with E-state index in [0.717, 1.165) is 25.3 Å². The summed E-state index contributed by atoms with van der Waals surface area (Å²) in [5.41, 5.74) is 6.29. The average molecular weight is 563 g/mol. The number of furan rings is 1. The molecule has 1 aromatic carbocycles. The number of ether oxygens (including phenoxy) is 1. The van der Waals surface area contributed by atoms with Crippen LogP contribution in [0.15, 0.2) is 34.9 Å². The number of aromatic nitrogens is 5. The van der Waals surface area contributed by atoms with Crippen LogP contribution in [-0.2, 0) is 16.3 Å². The average Bonchev–Trinajstić information content (AvgIpc) is 3.56. The van der Waals surface area contributed by atoms with Crippen LogP contribution in [0.2, 0.25) is 0 Å². The zero-order valence-corrected chi connectivity index (χ0v) is 22.1. The summed E-state index contributed by atoms with van der Waals surface area (Å²) in [5.74, 6) is 0.00442. The quantitative estimate of drug-likeness (QED) is 0.302. The number of halogens is 2. The van der Waals surface area contributed by atoms with E-state index in [4.69, 9.17) is 14.9 Å². The van der Waals surface area contributed by atoms with Gasteiger partial charge in [0.05, 0.1) is 17.7 Å². The number of anilines is 2. The highest BCUT2D eigenvalue weighted by molar-refractivity contribution is 7.90. The minimum atomic E-state index is -3.26. The highest BCUT2D eigenvalue weighted by Gasteiger charge is 2.22. The number of nitrogens with zero attached hydrogens (tertiary/aromatic N) is 7. The van der Waals surface area contributed by atoms with Gasteiger partial charge in [-0.05, 0) is 25.1 Å². The lowest BCUT2D eigenvalue weighted by atomic mass is 10.2. The third kappa shape index (κ3) is 6.42. The van der Waals surface area contributed by atoms with Crippen LogP contribution < -0.4 is 15.4 Å². The second-order valence-electron chi connectivity index (χ2n) is 9.27. The Balaban J connectivity index is 1.14. The smallest absolute Gasteiger partial charge is 0.257 e. The zero-order chi connectivity index (χ0) is 27.6. The van der Waals surface area contributed by atoms with Crippen LogP contribution in [-0.4, -0.2) is 89.2 Å². The molecule has 1 aliphatic rings. The molecule has 5 rings (SSSR count). The van der Waals surface area contributed by atoms with Crippen molar-refractivity contribution in [2.75, 3.05) is 62.0 Å². The summed E-state index contributed by atoms with van der Waals surface area (Å²) in [6, 6.07) is 5.56. The number of rotatable bonds is 10. The molecule has 0 aliphatic carbocycles. The van der Waals surface area contributed by atoms with E-state index in [0.29, 0.717) is 55.8 Å². The number of aryl methyl sites for hydroxylation is 1. The van der Waals surface area contributed by atoms with Crippen LogP contribution in [0.4, 0.5) is 20.4 Å². The molecule has 4 heterocycles. The predicted octanol–water partition coefficient (Wildman–Crippen LogP) is 1.82. The lowest BCUT2D eigenvalue weighted by molar-refractivity contribution is 0.253. The summed E-state index contributed by atoms with van der Waals surface area (Å²) in [4.78, 5) is 17.3. The van der Waals surface area contributed by atoms with Gasteiger partial charge >= 0.3 is 0 Å². The molecule has 1 saturated heterocycles. The van der Waals surface area contributed by atoms with E-state index in [1.807, 2.05) is 4.90 Å². The predicted molar refractivity (Wildman–Crippen MR) is 139 cm³/mol. The first kappa shape index (κ1) is 26.7. The molecule has 0 amide bonds. The Morgan fingerprint density at radius 3 is 2.62 bits per heavy atom. The summed E-state index contributed by atoms with van der Waals surface area (Å²) in [7, 11) is -3.26. The van der Waals surface area contributed by atoms with Crippen molar-refractivity contribution in [3.05, 3.63) is 48.0 Å². The van der Waals surface area contributed by atoms with Crippen LogP contribution >= 0.6 is 0 Å². The van der Waals surface area contributed by atoms with E-state index < -0.39 is 21.5 Å². The van der Waals surface area contributed by atoms with Gasteiger partial charge in [-0.3, -0.25) is 4.90 Å². The molecule has 0 atom stereocenters. The summed E-state index contributed by atoms with van der Waals surface area (Å²) >= 11 is 0. The van der Waals surface area contributed by atoms with Crippen LogP contribution in [0.25, 0.3) is 17.4 Å². The van der Waals surface area contributed by atoms with Gasteiger partial charge in [0.25, 0.3) is 5.78 Å². The zero-order valence-electron chi connectivity index (χ0n) is 21.3. The Kier molecular flexibility index (Phi) is 7.61. The van der Waals surface area contributed by atoms with Crippen molar-refractivity contribution in [2.45, 2.75) is 12.8 Å². The monoisotopic (exact) mass is 562 g/mol. The van der Waals surface area contributed by atoms with Crippen LogP contribution in [0.5, 0.6) is 5.75 Å². The molecule has 1 aliphatic heterocycles. The molecule has 0 bridgehead atoms. The lowest BCUT2D eigenvalue weighted by Gasteiger charge is -2.36. The van der Waals surface area contributed by atoms with Gasteiger partial charge in [0.15, 0.2) is 27.2 Å².